The van der Waals surface area contributed by atoms with Gasteiger partial charge in [-0.1, -0.05) is 252 Å². The van der Waals surface area contributed by atoms with Crippen molar-refractivity contribution in [1.82, 2.24) is 0 Å². The lowest BCUT2D eigenvalue weighted by Gasteiger charge is -2.36. The van der Waals surface area contributed by atoms with Gasteiger partial charge in [0.1, 0.15) is 5.75 Å². The maximum Gasteiger partial charge on any atom is 0.192 e. The highest BCUT2D eigenvalue weighted by Gasteiger charge is 2.37. The number of hydrogen-bond donors (Lipinski definition) is 1. The van der Waals surface area contributed by atoms with Gasteiger partial charge in [-0.15, -0.1) is 0 Å². The Hall–Kier alpha value is -4.44. The molecule has 0 aliphatic heterocycles. The molecule has 7 aromatic rings. The van der Waals surface area contributed by atoms with Crippen molar-refractivity contribution in [2.24, 2.45) is 23.7 Å². The molecule has 1 N–H and O–H groups in total. The summed E-state index contributed by atoms with van der Waals surface area (Å²) in [5, 5.41) is 24.2. The highest BCUT2D eigenvalue weighted by Crippen LogP contribution is 2.50. The molecule has 0 saturated carbocycles. The zero-order valence-corrected chi connectivity index (χ0v) is 51.3. The van der Waals surface area contributed by atoms with E-state index in [1.165, 1.54) is 168 Å². The molecule has 7 rings (SSSR count). The Kier molecular flexibility index (Phi) is 21.4. The second kappa shape index (κ2) is 27.4. The Bertz CT molecular complexity index is 2650. The number of unbranched alkanes of at least 4 members (excludes halogenated alkanes) is 4. The van der Waals surface area contributed by atoms with E-state index >= 15 is 0 Å². The summed E-state index contributed by atoms with van der Waals surface area (Å²) in [5.41, 5.74) is 11.0. The second-order valence-electron chi connectivity index (χ2n) is 25.1. The third-order valence-electron chi connectivity index (χ3n) is 18.8. The smallest absolute Gasteiger partial charge is 0.192 e. The summed E-state index contributed by atoms with van der Waals surface area (Å²) in [5.74, 6) is 2.88. The van der Waals surface area contributed by atoms with Crippen LogP contribution in [0.25, 0.3) is 65.3 Å². The zero-order valence-electron chi connectivity index (χ0n) is 50.3. The normalized spacial score (nSPS) is 14.1. The lowest BCUT2D eigenvalue weighted by molar-refractivity contribution is 0.276. The van der Waals surface area contributed by atoms with Gasteiger partial charge in [-0.3, -0.25) is 0 Å². The molecule has 0 bridgehead atoms. The molecule has 76 heavy (non-hydrogen) atoms. The fourth-order valence-corrected chi connectivity index (χ4v) is 13.5. The molecule has 3 heteroatoms. The summed E-state index contributed by atoms with van der Waals surface area (Å²) in [6.07, 6.45) is 23.9. The van der Waals surface area contributed by atoms with Crippen LogP contribution in [-0.2, 0) is 36.7 Å². The van der Waals surface area contributed by atoms with Crippen molar-refractivity contribution in [3.8, 4) is 28.0 Å². The summed E-state index contributed by atoms with van der Waals surface area (Å²) in [6, 6.07) is 38.1. The van der Waals surface area contributed by atoms with E-state index in [4.69, 9.17) is 4.43 Å². The molecule has 0 aromatic heterocycles. The summed E-state index contributed by atoms with van der Waals surface area (Å²) in [7, 11) is -2.18. The maximum atomic E-state index is 13.9. The zero-order chi connectivity index (χ0) is 54.6. The first-order valence-corrected chi connectivity index (χ1v) is 34.0. The Morgan fingerprint density at radius 3 is 0.961 bits per heavy atom. The van der Waals surface area contributed by atoms with Gasteiger partial charge in [-0.2, -0.15) is 0 Å². The van der Waals surface area contributed by atoms with Crippen LogP contribution in [0.15, 0.2) is 97.1 Å². The maximum absolute atomic E-state index is 13.9. The monoisotopic (exact) mass is 1040 g/mol. The molecule has 7 aromatic carbocycles. The number of aromatic hydroxyl groups is 1. The molecule has 410 valence electrons. The van der Waals surface area contributed by atoms with Crippen LogP contribution in [0.3, 0.4) is 0 Å². The van der Waals surface area contributed by atoms with Gasteiger partial charge in [-0.05, 0) is 163 Å². The van der Waals surface area contributed by atoms with Crippen LogP contribution in [0.1, 0.15) is 207 Å². The van der Waals surface area contributed by atoms with Gasteiger partial charge < -0.3 is 9.53 Å². The quantitative estimate of drug-likeness (QED) is 0.0374. The molecule has 0 amide bonds. The van der Waals surface area contributed by atoms with Crippen LogP contribution in [0, 0.1) is 23.7 Å². The predicted octanol–water partition coefficient (Wildman–Crippen LogP) is 22.9. The third-order valence-corrected chi connectivity index (χ3v) is 23.2. The largest absolute Gasteiger partial charge is 0.507 e. The Labute approximate surface area is 464 Å². The van der Waals surface area contributed by atoms with Gasteiger partial charge in [0.05, 0.1) is 6.61 Å². The minimum absolute atomic E-state index is 0.0504. The van der Waals surface area contributed by atoms with Crippen molar-refractivity contribution in [2.75, 3.05) is 0 Å². The number of phenolic OH excluding ortho intramolecular Hbond substituents is 1. The molecule has 0 saturated heterocycles. The van der Waals surface area contributed by atoms with Crippen LogP contribution in [0.4, 0.5) is 0 Å². The van der Waals surface area contributed by atoms with Gasteiger partial charge in [0.2, 0.25) is 0 Å². The number of phenols is 1. The topological polar surface area (TPSA) is 29.5 Å². The van der Waals surface area contributed by atoms with E-state index < -0.39 is 8.32 Å². The lowest BCUT2D eigenvalue weighted by atomic mass is 9.81. The lowest BCUT2D eigenvalue weighted by Crippen LogP contribution is -2.40. The van der Waals surface area contributed by atoms with Crippen LogP contribution in [0.2, 0.25) is 18.1 Å². The summed E-state index contributed by atoms with van der Waals surface area (Å²) in [6.45, 7) is 31.1. The van der Waals surface area contributed by atoms with Crippen LogP contribution < -0.4 is 0 Å². The van der Waals surface area contributed by atoms with E-state index in [0.717, 1.165) is 53.5 Å². The van der Waals surface area contributed by atoms with E-state index in [2.05, 4.69) is 186 Å². The van der Waals surface area contributed by atoms with Crippen molar-refractivity contribution >= 4 is 51.4 Å². The number of fused-ring (bicyclic) bond motifs is 4. The fourth-order valence-electron chi connectivity index (χ4n) is 12.5. The highest BCUT2D eigenvalue weighted by atomic mass is 28.4. The number of rotatable bonds is 29. The minimum atomic E-state index is -2.18. The number of hydrogen-bond acceptors (Lipinski definition) is 2. The first kappa shape index (κ1) is 59.2. The Morgan fingerprint density at radius 1 is 0.421 bits per heavy atom. The van der Waals surface area contributed by atoms with Crippen molar-refractivity contribution in [1.29, 1.82) is 0 Å². The van der Waals surface area contributed by atoms with Gasteiger partial charge in [0.15, 0.2) is 8.32 Å². The Morgan fingerprint density at radius 2 is 0.711 bits per heavy atom. The Balaban J connectivity index is 1.61. The van der Waals surface area contributed by atoms with Crippen LogP contribution in [-0.4, -0.2) is 13.4 Å². The average molecular weight is 1040 g/mol. The number of benzene rings is 7. The molecular formula is C73H102O2Si. The first-order chi connectivity index (χ1) is 36.6. The highest BCUT2D eigenvalue weighted by molar-refractivity contribution is 6.74. The van der Waals surface area contributed by atoms with Crippen molar-refractivity contribution in [3.63, 3.8) is 0 Å². The average Bonchev–Trinajstić information content (AvgIpc) is 3.42. The first-order valence-electron chi connectivity index (χ1n) is 31.1. The van der Waals surface area contributed by atoms with Gasteiger partial charge >= 0.3 is 0 Å². The molecule has 0 aliphatic rings. The van der Waals surface area contributed by atoms with Gasteiger partial charge in [0, 0.05) is 22.3 Å². The van der Waals surface area contributed by atoms with Crippen LogP contribution in [0.5, 0.6) is 5.75 Å². The van der Waals surface area contributed by atoms with Gasteiger partial charge in [0.25, 0.3) is 0 Å². The predicted molar refractivity (Wildman–Crippen MR) is 339 cm³/mol. The summed E-state index contributed by atoms with van der Waals surface area (Å²) >= 11 is 0. The standard InChI is InChI=1S/C73H102O2Si/c1-14-22-30-51(18-5)42-56-34-26-38-60-64(56)48-65-57(43-52(19-6)31-23-15-2)35-27-39-61(65)70(60)68-46-55(50-75-76(12,13)73(9,10)11)47-69(72(68)74)71-62-40-28-36-58(44-53(20-7)32-24-16-3)66(62)49-67-59(37-29-41-63(67)71)45-54(21-8)33-25-17-4/h26-29,34-41,46-49,51-54,74H,14-25,30-33,42-45,50H2,1-13H3. The van der Waals surface area contributed by atoms with Crippen molar-refractivity contribution in [2.45, 2.75) is 229 Å². The van der Waals surface area contributed by atoms with E-state index in [1.807, 2.05) is 0 Å². The molecule has 4 unspecified atom stereocenters. The molecule has 0 spiro atoms. The minimum Gasteiger partial charge on any atom is -0.507 e. The molecule has 0 radical (unpaired) electrons. The van der Waals surface area contributed by atoms with E-state index in [-0.39, 0.29) is 5.04 Å². The molecular weight excluding hydrogens is 937 g/mol. The molecule has 0 fully saturated rings. The van der Waals surface area contributed by atoms with Gasteiger partial charge in [-0.25, -0.2) is 0 Å². The fraction of sp³-hybridized carbons (Fsp3) is 0.534. The second-order valence-corrected chi connectivity index (χ2v) is 29.9. The van der Waals surface area contributed by atoms with E-state index in [1.54, 1.807) is 0 Å². The summed E-state index contributed by atoms with van der Waals surface area (Å²) in [4.78, 5) is 0. The van der Waals surface area contributed by atoms with Crippen LogP contribution >= 0.6 is 0 Å². The molecule has 0 heterocycles. The summed E-state index contributed by atoms with van der Waals surface area (Å²) < 4.78 is 7.24. The van der Waals surface area contributed by atoms with Crippen molar-refractivity contribution in [3.05, 3.63) is 125 Å². The third kappa shape index (κ3) is 13.7. The van der Waals surface area contributed by atoms with Crippen molar-refractivity contribution < 1.29 is 9.53 Å². The SMILES string of the molecule is CCCCC(CC)Cc1cccc2c(-c3cc(CO[Si](C)(C)C(C)(C)C)cc(-c4c5cccc(CC(CC)CCCC)c5cc5c(CC(CC)CCCC)cccc45)c3O)c3cccc(CC(CC)CCCC)c3cc12. The van der Waals surface area contributed by atoms with E-state index in [9.17, 15) is 5.11 Å². The molecule has 0 aliphatic carbocycles. The molecule has 2 nitrogen and oxygen atoms in total. The van der Waals surface area contributed by atoms with E-state index in [0.29, 0.717) is 36.0 Å². The molecule has 4 atom stereocenters.